The average Bonchev–Trinajstić information content (AvgIpc) is 2.41. The third-order valence-corrected chi connectivity index (χ3v) is 2.40. The molecule has 0 spiro atoms. The summed E-state index contributed by atoms with van der Waals surface area (Å²) in [5.74, 6) is 0.0257. The highest BCUT2D eigenvalue weighted by molar-refractivity contribution is 5.88. The van der Waals surface area contributed by atoms with E-state index in [0.717, 1.165) is 0 Å². The Balaban J connectivity index is 2.67. The van der Waals surface area contributed by atoms with Crippen molar-refractivity contribution in [3.05, 3.63) is 45.9 Å². The Hall–Kier alpha value is -3.07. The molecular weight excluding hydrogens is 248 g/mol. The number of aromatic carboxylic acids is 1. The number of carbonyl (C=O) groups is 1. The molecule has 94 valence electrons. The molecule has 19 heavy (non-hydrogen) atoms. The van der Waals surface area contributed by atoms with Gasteiger partial charge in [-0.2, -0.15) is 0 Å². The predicted molar refractivity (Wildman–Crippen MR) is 66.9 cm³/mol. The molecule has 0 radical (unpaired) electrons. The first kappa shape index (κ1) is 12.4. The van der Waals surface area contributed by atoms with Gasteiger partial charge in [0.2, 0.25) is 5.75 Å². The summed E-state index contributed by atoms with van der Waals surface area (Å²) >= 11 is 0. The maximum atomic E-state index is 11.4. The normalized spacial score (nSPS) is 9.84. The lowest BCUT2D eigenvalue weighted by atomic mass is 10.1. The second kappa shape index (κ2) is 4.66. The van der Waals surface area contributed by atoms with Crippen LogP contribution in [0.25, 0.3) is 11.4 Å². The van der Waals surface area contributed by atoms with Gasteiger partial charge >= 0.3 is 5.97 Å². The van der Waals surface area contributed by atoms with Crippen LogP contribution in [0.15, 0.2) is 29.1 Å². The fraction of sp³-hybridized carbons (Fsp3) is 0. The molecule has 1 aromatic heterocycles. The van der Waals surface area contributed by atoms with Crippen LogP contribution in [-0.4, -0.2) is 26.2 Å². The van der Waals surface area contributed by atoms with E-state index in [1.165, 1.54) is 0 Å². The Bertz CT molecular complexity index is 756. The highest BCUT2D eigenvalue weighted by atomic mass is 16.4. The number of H-pyrrole nitrogens is 1. The first-order valence-corrected chi connectivity index (χ1v) is 5.16. The number of hydrogen-bond acceptors (Lipinski definition) is 4. The van der Waals surface area contributed by atoms with E-state index in [1.54, 1.807) is 24.3 Å². The molecule has 2 aromatic rings. The second-order valence-electron chi connectivity index (χ2n) is 3.64. The molecule has 0 aliphatic rings. The molecule has 0 aliphatic carbocycles. The molecule has 6 nitrogen and oxygen atoms in total. The number of nitrogens with one attached hydrogen (secondary N) is 1. The van der Waals surface area contributed by atoms with Crippen LogP contribution in [0.5, 0.6) is 5.75 Å². The minimum atomic E-state index is -1.49. The van der Waals surface area contributed by atoms with Gasteiger partial charge in [0.05, 0.1) is 0 Å². The zero-order valence-electron chi connectivity index (χ0n) is 9.54. The largest absolute Gasteiger partial charge is 0.501 e. The van der Waals surface area contributed by atoms with E-state index >= 15 is 0 Å². The Morgan fingerprint density at radius 3 is 2.79 bits per heavy atom. The zero-order chi connectivity index (χ0) is 14.0. The van der Waals surface area contributed by atoms with Crippen molar-refractivity contribution in [2.75, 3.05) is 0 Å². The van der Waals surface area contributed by atoms with Crippen molar-refractivity contribution in [1.82, 2.24) is 9.97 Å². The highest BCUT2D eigenvalue weighted by Crippen LogP contribution is 2.18. The lowest BCUT2D eigenvalue weighted by molar-refractivity contribution is 0.0686. The smallest absolute Gasteiger partial charge is 0.358 e. The summed E-state index contributed by atoms with van der Waals surface area (Å²) in [5, 5.41) is 18.2. The number of rotatable bonds is 2. The van der Waals surface area contributed by atoms with Crippen LogP contribution in [0.4, 0.5) is 0 Å². The van der Waals surface area contributed by atoms with Crippen LogP contribution >= 0.6 is 0 Å². The highest BCUT2D eigenvalue weighted by Gasteiger charge is 2.17. The van der Waals surface area contributed by atoms with Crippen molar-refractivity contribution < 1.29 is 15.0 Å². The Morgan fingerprint density at radius 2 is 2.16 bits per heavy atom. The number of hydrogen-bond donors (Lipinski definition) is 3. The monoisotopic (exact) mass is 256 g/mol. The average molecular weight is 256 g/mol. The van der Waals surface area contributed by atoms with Gasteiger partial charge in [-0.3, -0.25) is 4.79 Å². The quantitative estimate of drug-likeness (QED) is 0.690. The van der Waals surface area contributed by atoms with E-state index in [4.69, 9.17) is 11.5 Å². The summed E-state index contributed by atoms with van der Waals surface area (Å²) < 4.78 is 0. The number of aromatic nitrogens is 2. The maximum absolute atomic E-state index is 11.4. The van der Waals surface area contributed by atoms with Gasteiger partial charge in [0.25, 0.3) is 5.56 Å². The van der Waals surface area contributed by atoms with Gasteiger partial charge in [-0.15, -0.1) is 6.42 Å². The molecule has 1 aromatic carbocycles. The van der Waals surface area contributed by atoms with E-state index < -0.39 is 23.0 Å². The predicted octanol–water partition coefficient (Wildman–Crippen LogP) is 0.822. The lowest BCUT2D eigenvalue weighted by Crippen LogP contribution is -2.15. The summed E-state index contributed by atoms with van der Waals surface area (Å²) in [6.45, 7) is 0. The van der Waals surface area contributed by atoms with Crippen molar-refractivity contribution in [3.63, 3.8) is 0 Å². The Morgan fingerprint density at radius 1 is 1.42 bits per heavy atom. The first-order chi connectivity index (χ1) is 9.02. The number of carboxylic acids is 1. The molecule has 0 saturated heterocycles. The van der Waals surface area contributed by atoms with Crippen LogP contribution < -0.4 is 5.56 Å². The number of carboxylic acid groups (broad SMARTS) is 1. The summed E-state index contributed by atoms with van der Waals surface area (Å²) in [6, 6.07) is 6.51. The molecule has 2 rings (SSSR count). The molecule has 1 heterocycles. The maximum Gasteiger partial charge on any atom is 0.358 e. The molecule has 6 heteroatoms. The number of terminal acetylenes is 1. The Labute approximate surface area is 107 Å². The lowest BCUT2D eigenvalue weighted by Gasteiger charge is -2.04. The first-order valence-electron chi connectivity index (χ1n) is 5.16. The van der Waals surface area contributed by atoms with Crippen molar-refractivity contribution >= 4 is 5.97 Å². The molecule has 0 unspecified atom stereocenters. The van der Waals surface area contributed by atoms with E-state index in [1.807, 2.05) is 0 Å². The van der Waals surface area contributed by atoms with E-state index in [0.29, 0.717) is 11.1 Å². The number of aromatic hydroxyl groups is 1. The minimum absolute atomic E-state index is 0.0253. The van der Waals surface area contributed by atoms with Crippen LogP contribution in [0.1, 0.15) is 16.1 Å². The minimum Gasteiger partial charge on any atom is -0.501 e. The van der Waals surface area contributed by atoms with Crippen molar-refractivity contribution in [3.8, 4) is 29.5 Å². The van der Waals surface area contributed by atoms with E-state index in [9.17, 15) is 14.7 Å². The van der Waals surface area contributed by atoms with Gasteiger partial charge in [0.15, 0.2) is 5.69 Å². The molecule has 0 atom stereocenters. The molecule has 0 amide bonds. The molecule has 0 saturated carbocycles. The third-order valence-electron chi connectivity index (χ3n) is 2.40. The fourth-order valence-corrected chi connectivity index (χ4v) is 1.51. The van der Waals surface area contributed by atoms with Gasteiger partial charge < -0.3 is 15.2 Å². The van der Waals surface area contributed by atoms with E-state index in [-0.39, 0.29) is 5.82 Å². The standard InChI is InChI=1S/C13H8N2O4/c1-2-7-4-3-5-8(6-7)11-14-9(13(18)19)10(16)12(17)15-11/h1,3-6,16H,(H,18,19)(H,14,15,17). The molecule has 0 aliphatic heterocycles. The fourth-order valence-electron chi connectivity index (χ4n) is 1.51. The van der Waals surface area contributed by atoms with Crippen molar-refractivity contribution in [2.45, 2.75) is 0 Å². The van der Waals surface area contributed by atoms with Gasteiger partial charge in [-0.1, -0.05) is 18.1 Å². The van der Waals surface area contributed by atoms with Gasteiger partial charge in [0, 0.05) is 11.1 Å². The zero-order valence-corrected chi connectivity index (χ0v) is 9.54. The molecule has 0 fully saturated rings. The SMILES string of the molecule is C#Cc1cccc(-c2nc(C(=O)O)c(O)c(=O)[nH]2)c1. The van der Waals surface area contributed by atoms with Crippen LogP contribution in [0.3, 0.4) is 0 Å². The summed E-state index contributed by atoms with van der Waals surface area (Å²) in [4.78, 5) is 28.3. The number of benzene rings is 1. The van der Waals surface area contributed by atoms with Crippen LogP contribution in [0, 0.1) is 12.3 Å². The molecule has 0 bridgehead atoms. The molecule has 3 N–H and O–H groups in total. The van der Waals surface area contributed by atoms with Crippen molar-refractivity contribution in [1.29, 1.82) is 0 Å². The topological polar surface area (TPSA) is 103 Å². The third kappa shape index (κ3) is 2.30. The summed E-state index contributed by atoms with van der Waals surface area (Å²) in [5.41, 5.74) is -0.612. The van der Waals surface area contributed by atoms with Gasteiger partial charge in [-0.05, 0) is 12.1 Å². The van der Waals surface area contributed by atoms with Crippen LogP contribution in [0.2, 0.25) is 0 Å². The van der Waals surface area contributed by atoms with Gasteiger partial charge in [-0.25, -0.2) is 9.78 Å². The number of aromatic amines is 1. The summed E-state index contributed by atoms with van der Waals surface area (Å²) in [6.07, 6.45) is 5.25. The molecular formula is C13H8N2O4. The van der Waals surface area contributed by atoms with Crippen LogP contribution in [-0.2, 0) is 0 Å². The summed E-state index contributed by atoms with van der Waals surface area (Å²) in [7, 11) is 0. The van der Waals surface area contributed by atoms with Gasteiger partial charge in [0.1, 0.15) is 5.82 Å². The van der Waals surface area contributed by atoms with E-state index in [2.05, 4.69) is 15.9 Å². The Kier molecular flexibility index (Phi) is 3.04. The second-order valence-corrected chi connectivity index (χ2v) is 3.64. The number of nitrogens with zero attached hydrogens (tertiary/aromatic N) is 1. The van der Waals surface area contributed by atoms with Crippen molar-refractivity contribution in [2.24, 2.45) is 0 Å².